The Labute approximate surface area is 146 Å². The van der Waals surface area contributed by atoms with E-state index in [2.05, 4.69) is 19.9 Å². The maximum Gasteiger partial charge on any atom is 0.272 e. The lowest BCUT2D eigenvalue weighted by Crippen LogP contribution is -2.49. The van der Waals surface area contributed by atoms with E-state index in [4.69, 9.17) is 10.5 Å². The number of rotatable bonds is 5. The van der Waals surface area contributed by atoms with Gasteiger partial charge in [-0.2, -0.15) is 0 Å². The molecule has 2 N–H and O–H groups in total. The van der Waals surface area contributed by atoms with E-state index in [9.17, 15) is 4.79 Å². The molecule has 0 unspecified atom stereocenters. The zero-order chi connectivity index (χ0) is 17.6. The summed E-state index contributed by atoms with van der Waals surface area (Å²) in [7, 11) is 1.70. The number of methoxy groups -OCH3 is 1. The van der Waals surface area contributed by atoms with E-state index in [0.29, 0.717) is 31.1 Å². The third-order valence-corrected chi connectivity index (χ3v) is 4.21. The Kier molecular flexibility index (Phi) is 5.52. The summed E-state index contributed by atoms with van der Waals surface area (Å²) in [6.45, 7) is 4.69. The minimum atomic E-state index is -0.0513. The first-order valence-electron chi connectivity index (χ1n) is 8.23. The Morgan fingerprint density at radius 3 is 2.60 bits per heavy atom. The van der Waals surface area contributed by atoms with E-state index in [-0.39, 0.29) is 11.9 Å². The number of piperazine rings is 1. The minimum Gasteiger partial charge on any atom is -0.383 e. The Hall–Kier alpha value is -2.58. The molecule has 25 heavy (non-hydrogen) atoms. The van der Waals surface area contributed by atoms with E-state index in [0.717, 1.165) is 25.2 Å². The molecule has 0 radical (unpaired) electrons. The van der Waals surface area contributed by atoms with E-state index in [1.54, 1.807) is 25.6 Å². The highest BCUT2D eigenvalue weighted by Gasteiger charge is 2.23. The molecule has 0 atom stereocenters. The molecule has 3 rings (SSSR count). The van der Waals surface area contributed by atoms with Crippen LogP contribution in [0.1, 0.15) is 10.5 Å². The maximum absolute atomic E-state index is 12.7. The van der Waals surface area contributed by atoms with Crippen LogP contribution in [-0.4, -0.2) is 77.1 Å². The standard InChI is InChI=1S/C17H22N6O2/c1-25-10-9-22-5-7-23(8-6-22)16(24)15-4-2-3-14(21-15)13-11-19-17(18)20-12-13/h2-4,11-12H,5-10H2,1H3,(H2,18,19,20). The van der Waals surface area contributed by atoms with Crippen LogP contribution < -0.4 is 5.73 Å². The van der Waals surface area contributed by atoms with Crippen molar-refractivity contribution in [1.82, 2.24) is 24.8 Å². The molecule has 0 bridgehead atoms. The highest BCUT2D eigenvalue weighted by molar-refractivity contribution is 5.93. The second-order valence-electron chi connectivity index (χ2n) is 5.86. The lowest BCUT2D eigenvalue weighted by Gasteiger charge is -2.34. The third kappa shape index (κ3) is 4.28. The van der Waals surface area contributed by atoms with Crippen LogP contribution in [0.15, 0.2) is 30.6 Å². The van der Waals surface area contributed by atoms with Crippen LogP contribution in [0.3, 0.4) is 0 Å². The van der Waals surface area contributed by atoms with Gasteiger partial charge in [0.25, 0.3) is 5.91 Å². The van der Waals surface area contributed by atoms with Gasteiger partial charge in [0.05, 0.1) is 12.3 Å². The van der Waals surface area contributed by atoms with Crippen LogP contribution in [0.5, 0.6) is 0 Å². The van der Waals surface area contributed by atoms with Crippen LogP contribution >= 0.6 is 0 Å². The quantitative estimate of drug-likeness (QED) is 0.846. The molecule has 0 aromatic carbocycles. The first kappa shape index (κ1) is 17.2. The number of anilines is 1. The number of hydrogen-bond donors (Lipinski definition) is 1. The second kappa shape index (κ2) is 8.00. The number of carbonyl (C=O) groups is 1. The predicted molar refractivity (Wildman–Crippen MR) is 93.9 cm³/mol. The second-order valence-corrected chi connectivity index (χ2v) is 5.86. The highest BCUT2D eigenvalue weighted by atomic mass is 16.5. The first-order chi connectivity index (χ1) is 12.2. The molecule has 1 fully saturated rings. The van der Waals surface area contributed by atoms with Crippen molar-refractivity contribution in [2.24, 2.45) is 0 Å². The van der Waals surface area contributed by atoms with E-state index < -0.39 is 0 Å². The van der Waals surface area contributed by atoms with Crippen molar-refractivity contribution < 1.29 is 9.53 Å². The molecule has 0 saturated carbocycles. The Morgan fingerprint density at radius 1 is 1.20 bits per heavy atom. The number of amides is 1. The summed E-state index contributed by atoms with van der Waals surface area (Å²) in [5.74, 6) is 0.159. The van der Waals surface area contributed by atoms with Gasteiger partial charge in [-0.1, -0.05) is 6.07 Å². The van der Waals surface area contributed by atoms with Gasteiger partial charge in [0.2, 0.25) is 5.95 Å². The summed E-state index contributed by atoms with van der Waals surface area (Å²) in [6, 6.07) is 5.39. The number of pyridine rings is 1. The van der Waals surface area contributed by atoms with Gasteiger partial charge in [-0.25, -0.2) is 15.0 Å². The highest BCUT2D eigenvalue weighted by Crippen LogP contribution is 2.16. The molecule has 1 aliphatic rings. The van der Waals surface area contributed by atoms with Gasteiger partial charge >= 0.3 is 0 Å². The topological polar surface area (TPSA) is 97.5 Å². The van der Waals surface area contributed by atoms with Gasteiger partial charge in [0.15, 0.2) is 0 Å². The molecule has 1 amide bonds. The summed E-state index contributed by atoms with van der Waals surface area (Å²) < 4.78 is 5.10. The Bertz CT molecular complexity index is 713. The number of nitrogens with zero attached hydrogens (tertiary/aromatic N) is 5. The monoisotopic (exact) mass is 342 g/mol. The van der Waals surface area contributed by atoms with Crippen LogP contribution in [-0.2, 0) is 4.74 Å². The van der Waals surface area contributed by atoms with Crippen molar-refractivity contribution in [1.29, 1.82) is 0 Å². The maximum atomic E-state index is 12.7. The number of hydrogen-bond acceptors (Lipinski definition) is 7. The molecule has 3 heterocycles. The Balaban J connectivity index is 1.67. The summed E-state index contributed by atoms with van der Waals surface area (Å²) in [4.78, 5) is 29.3. The molecule has 1 aliphatic heterocycles. The fraction of sp³-hybridized carbons (Fsp3) is 0.412. The molecular weight excluding hydrogens is 320 g/mol. The van der Waals surface area contributed by atoms with Gasteiger partial charge < -0.3 is 15.4 Å². The molecule has 8 nitrogen and oxygen atoms in total. The average Bonchev–Trinajstić information content (AvgIpc) is 2.67. The molecule has 2 aromatic heterocycles. The summed E-state index contributed by atoms with van der Waals surface area (Å²) in [5, 5.41) is 0. The van der Waals surface area contributed by atoms with Crippen molar-refractivity contribution in [2.75, 3.05) is 52.2 Å². The van der Waals surface area contributed by atoms with Crippen LogP contribution in [0, 0.1) is 0 Å². The molecule has 1 saturated heterocycles. The van der Waals surface area contributed by atoms with Crippen molar-refractivity contribution in [3.63, 3.8) is 0 Å². The summed E-state index contributed by atoms with van der Waals surface area (Å²) >= 11 is 0. The SMILES string of the molecule is COCCN1CCN(C(=O)c2cccc(-c3cnc(N)nc3)n2)CC1. The summed E-state index contributed by atoms with van der Waals surface area (Å²) in [6.07, 6.45) is 3.21. The normalized spacial score (nSPS) is 15.3. The summed E-state index contributed by atoms with van der Waals surface area (Å²) in [5.41, 5.74) is 7.32. The molecule has 0 spiro atoms. The number of aromatic nitrogens is 3. The number of nitrogens with two attached hydrogens (primary N) is 1. The van der Waals surface area contributed by atoms with Crippen molar-refractivity contribution >= 4 is 11.9 Å². The van der Waals surface area contributed by atoms with Crippen molar-refractivity contribution in [3.8, 4) is 11.3 Å². The fourth-order valence-corrected chi connectivity index (χ4v) is 2.74. The van der Waals surface area contributed by atoms with E-state index in [1.807, 2.05) is 17.0 Å². The first-order valence-corrected chi connectivity index (χ1v) is 8.23. The largest absolute Gasteiger partial charge is 0.383 e. The minimum absolute atomic E-state index is 0.0513. The van der Waals surface area contributed by atoms with Gasteiger partial charge in [-0.05, 0) is 12.1 Å². The lowest BCUT2D eigenvalue weighted by atomic mass is 10.2. The van der Waals surface area contributed by atoms with Gasteiger partial charge in [0, 0.05) is 57.8 Å². The number of carbonyl (C=O) groups excluding carboxylic acids is 1. The fourth-order valence-electron chi connectivity index (χ4n) is 2.74. The Morgan fingerprint density at radius 2 is 1.92 bits per heavy atom. The van der Waals surface area contributed by atoms with Crippen molar-refractivity contribution in [3.05, 3.63) is 36.3 Å². The van der Waals surface area contributed by atoms with Crippen LogP contribution in [0.25, 0.3) is 11.3 Å². The molecule has 132 valence electrons. The third-order valence-electron chi connectivity index (χ3n) is 4.21. The number of ether oxygens (including phenoxy) is 1. The van der Waals surface area contributed by atoms with E-state index >= 15 is 0 Å². The van der Waals surface area contributed by atoms with Crippen LogP contribution in [0.2, 0.25) is 0 Å². The van der Waals surface area contributed by atoms with Gasteiger partial charge in [-0.15, -0.1) is 0 Å². The van der Waals surface area contributed by atoms with Gasteiger partial charge in [0.1, 0.15) is 5.69 Å². The molecule has 8 heteroatoms. The van der Waals surface area contributed by atoms with E-state index in [1.165, 1.54) is 0 Å². The average molecular weight is 342 g/mol. The zero-order valence-corrected chi connectivity index (χ0v) is 14.3. The van der Waals surface area contributed by atoms with Gasteiger partial charge in [-0.3, -0.25) is 9.69 Å². The van der Waals surface area contributed by atoms with Crippen LogP contribution in [0.4, 0.5) is 5.95 Å². The molecule has 0 aliphatic carbocycles. The zero-order valence-electron chi connectivity index (χ0n) is 14.3. The lowest BCUT2D eigenvalue weighted by molar-refractivity contribution is 0.0589. The smallest absolute Gasteiger partial charge is 0.272 e. The predicted octanol–water partition coefficient (Wildman–Crippen LogP) is 0.525. The number of nitrogen functional groups attached to an aromatic ring is 1. The van der Waals surface area contributed by atoms with Crippen molar-refractivity contribution in [2.45, 2.75) is 0 Å². The molecular formula is C17H22N6O2. The molecule has 2 aromatic rings.